The summed E-state index contributed by atoms with van der Waals surface area (Å²) in [7, 11) is -3.80. The van der Waals surface area contributed by atoms with Gasteiger partial charge in [0, 0.05) is 19.7 Å². The van der Waals surface area contributed by atoms with Gasteiger partial charge in [-0.25, -0.2) is 5.01 Å². The molecule has 31 heavy (non-hydrogen) atoms. The highest BCUT2D eigenvalue weighted by Crippen LogP contribution is 2.24. The van der Waals surface area contributed by atoms with E-state index in [4.69, 9.17) is 30.0 Å². The van der Waals surface area contributed by atoms with E-state index in [2.05, 4.69) is 11.8 Å². The van der Waals surface area contributed by atoms with Gasteiger partial charge in [-0.15, -0.1) is 0 Å². The second-order valence-corrected chi connectivity index (χ2v) is 7.84. The molecule has 11 heteroatoms. The van der Waals surface area contributed by atoms with Crippen LogP contribution in [0.5, 0.6) is 11.5 Å². The first-order valence-electron chi connectivity index (χ1n) is 9.00. The van der Waals surface area contributed by atoms with Crippen LogP contribution in [-0.4, -0.2) is 50.3 Å². The van der Waals surface area contributed by atoms with Crippen molar-refractivity contribution in [1.82, 2.24) is 5.01 Å². The zero-order valence-electron chi connectivity index (χ0n) is 17.3. The molecule has 0 unspecified atom stereocenters. The molecule has 0 aromatic heterocycles. The second kappa shape index (κ2) is 12.2. The van der Waals surface area contributed by atoms with Gasteiger partial charge in [-0.05, 0) is 30.2 Å². The van der Waals surface area contributed by atoms with E-state index in [1.807, 2.05) is 6.07 Å². The number of benzene rings is 2. The maximum Gasteiger partial charge on any atom is 0.313 e. The molecule has 0 aliphatic carbocycles. The molecule has 10 nitrogen and oxygen atoms in total. The number of rotatable bonds is 9. The number of nitrogens with two attached hydrogens (primary N) is 1. The van der Waals surface area contributed by atoms with Crippen LogP contribution in [-0.2, 0) is 20.7 Å². The largest absolute Gasteiger partial charge is 0.492 e. The number of carboxylic acids is 1. The molecule has 0 atom stereocenters. The summed E-state index contributed by atoms with van der Waals surface area (Å²) < 4.78 is 35.4. The van der Waals surface area contributed by atoms with Crippen LogP contribution in [0.3, 0.4) is 0 Å². The standard InChI is InChI=1S/C18H22N4O4S.C2H4O2/c1-14-10-16(25-9-8-22(21-2)18(19)20)12-17(11-14)26-27(23,24)13-15-6-4-3-5-7-15;1-2(3)4/h3-7,10-12H,2,8-9,13H2,1H3,(H3,19,20);1H3,(H,3,4). The van der Waals surface area contributed by atoms with E-state index in [1.165, 1.54) is 11.1 Å². The van der Waals surface area contributed by atoms with Crippen molar-refractivity contribution in [3.63, 3.8) is 0 Å². The van der Waals surface area contributed by atoms with Gasteiger partial charge in [0.2, 0.25) is 5.96 Å². The Morgan fingerprint density at radius 2 is 1.81 bits per heavy atom. The monoisotopic (exact) mass is 450 g/mol. The summed E-state index contributed by atoms with van der Waals surface area (Å²) in [4.78, 5) is 9.00. The van der Waals surface area contributed by atoms with Gasteiger partial charge in [0.15, 0.2) is 0 Å². The average molecular weight is 451 g/mol. The Hall–Kier alpha value is -3.60. The first-order chi connectivity index (χ1) is 14.5. The summed E-state index contributed by atoms with van der Waals surface area (Å²) in [5, 5.41) is 19.5. The molecule has 0 heterocycles. The molecule has 0 bridgehead atoms. The van der Waals surface area contributed by atoms with Gasteiger partial charge >= 0.3 is 10.1 Å². The van der Waals surface area contributed by atoms with E-state index in [-0.39, 0.29) is 30.6 Å². The van der Waals surface area contributed by atoms with Crippen LogP contribution < -0.4 is 14.7 Å². The minimum Gasteiger partial charge on any atom is -0.492 e. The van der Waals surface area contributed by atoms with Crippen molar-refractivity contribution in [3.8, 4) is 11.5 Å². The molecule has 168 valence electrons. The minimum absolute atomic E-state index is 0.172. The number of hydrogen-bond acceptors (Lipinski definition) is 7. The maximum atomic E-state index is 12.3. The first kappa shape index (κ1) is 25.4. The van der Waals surface area contributed by atoms with E-state index in [1.54, 1.807) is 43.3 Å². The van der Waals surface area contributed by atoms with E-state index >= 15 is 0 Å². The van der Waals surface area contributed by atoms with Gasteiger partial charge in [-0.2, -0.15) is 13.5 Å². The first-order valence-corrected chi connectivity index (χ1v) is 10.6. The second-order valence-electron chi connectivity index (χ2n) is 6.27. The quantitative estimate of drug-likeness (QED) is 0.227. The fraction of sp³-hybridized carbons (Fsp3) is 0.250. The van der Waals surface area contributed by atoms with Crippen molar-refractivity contribution < 1.29 is 27.2 Å². The lowest BCUT2D eigenvalue weighted by Gasteiger charge is -2.16. The van der Waals surface area contributed by atoms with Crippen LogP contribution in [0.1, 0.15) is 18.1 Å². The highest BCUT2D eigenvalue weighted by molar-refractivity contribution is 7.86. The Labute approximate surface area is 181 Å². The molecule has 2 rings (SSSR count). The smallest absolute Gasteiger partial charge is 0.313 e. The normalized spacial score (nSPS) is 10.3. The maximum absolute atomic E-state index is 12.3. The van der Waals surface area contributed by atoms with E-state index in [9.17, 15) is 8.42 Å². The van der Waals surface area contributed by atoms with Crippen molar-refractivity contribution in [1.29, 1.82) is 5.41 Å². The molecule has 0 radical (unpaired) electrons. The lowest BCUT2D eigenvalue weighted by atomic mass is 10.2. The van der Waals surface area contributed by atoms with Crippen molar-refractivity contribution in [3.05, 3.63) is 59.7 Å². The minimum atomic E-state index is -3.80. The topological polar surface area (TPSA) is 155 Å². The van der Waals surface area contributed by atoms with Crippen LogP contribution in [0.15, 0.2) is 53.6 Å². The molecule has 0 aliphatic rings. The number of carbonyl (C=O) groups is 1. The summed E-state index contributed by atoms with van der Waals surface area (Å²) in [5.74, 6) is -0.691. The summed E-state index contributed by atoms with van der Waals surface area (Å²) >= 11 is 0. The number of nitrogens with zero attached hydrogens (tertiary/aromatic N) is 2. The highest BCUT2D eigenvalue weighted by atomic mass is 32.2. The van der Waals surface area contributed by atoms with Crippen LogP contribution in [0.25, 0.3) is 0 Å². The number of hydrogen-bond donors (Lipinski definition) is 3. The molecule has 0 spiro atoms. The van der Waals surface area contributed by atoms with Crippen molar-refractivity contribution in [2.75, 3.05) is 13.2 Å². The number of hydrazone groups is 1. The molecular formula is C20H26N4O6S. The molecule has 2 aromatic rings. The molecule has 0 amide bonds. The van der Waals surface area contributed by atoms with Gasteiger partial charge in [0.25, 0.3) is 5.97 Å². The van der Waals surface area contributed by atoms with Crippen molar-refractivity contribution in [2.45, 2.75) is 19.6 Å². The number of guanidine groups is 1. The van der Waals surface area contributed by atoms with Gasteiger partial charge in [0.05, 0.1) is 6.54 Å². The van der Waals surface area contributed by atoms with Gasteiger partial charge in [-0.3, -0.25) is 10.2 Å². The summed E-state index contributed by atoms with van der Waals surface area (Å²) in [6, 6.07) is 13.7. The third-order valence-electron chi connectivity index (χ3n) is 3.45. The average Bonchev–Trinajstić information content (AvgIpc) is 2.64. The fourth-order valence-corrected chi connectivity index (χ4v) is 3.37. The fourth-order valence-electron chi connectivity index (χ4n) is 2.32. The van der Waals surface area contributed by atoms with E-state index in [0.717, 1.165) is 12.5 Å². The predicted molar refractivity (Wildman–Crippen MR) is 118 cm³/mol. The zero-order chi connectivity index (χ0) is 23.4. The molecule has 0 saturated carbocycles. The Balaban J connectivity index is 0.00000110. The number of carboxylic acid groups (broad SMARTS) is 1. The number of aliphatic carboxylic acids is 1. The Kier molecular flexibility index (Phi) is 9.99. The number of ether oxygens (including phenoxy) is 1. The predicted octanol–water partition coefficient (Wildman–Crippen LogP) is 2.18. The van der Waals surface area contributed by atoms with Crippen molar-refractivity contribution in [2.24, 2.45) is 10.8 Å². The molecule has 2 aromatic carbocycles. The summed E-state index contributed by atoms with van der Waals surface area (Å²) in [6.07, 6.45) is 0. The molecular weight excluding hydrogens is 424 g/mol. The van der Waals surface area contributed by atoms with Crippen molar-refractivity contribution >= 4 is 28.8 Å². The molecule has 0 fully saturated rings. The van der Waals surface area contributed by atoms with Crippen LogP contribution in [0.2, 0.25) is 0 Å². The zero-order valence-corrected chi connectivity index (χ0v) is 18.1. The van der Waals surface area contributed by atoms with Gasteiger partial charge in [0.1, 0.15) is 23.9 Å². The van der Waals surface area contributed by atoms with Gasteiger partial charge in [-0.1, -0.05) is 30.3 Å². The Bertz CT molecular complexity index is 992. The molecule has 0 aliphatic heterocycles. The third kappa shape index (κ3) is 10.7. The third-order valence-corrected chi connectivity index (χ3v) is 4.59. The number of nitrogens with one attached hydrogen (secondary N) is 1. The number of aryl methyl sites for hydroxylation is 1. The van der Waals surface area contributed by atoms with Crippen LogP contribution in [0, 0.1) is 12.3 Å². The SMILES string of the molecule is C=NN(CCOc1cc(C)cc(OS(=O)(=O)Cc2ccccc2)c1)C(=N)N.CC(=O)O. The van der Waals surface area contributed by atoms with E-state index < -0.39 is 16.1 Å². The lowest BCUT2D eigenvalue weighted by Crippen LogP contribution is -2.34. The molecule has 0 saturated heterocycles. The van der Waals surface area contributed by atoms with Crippen LogP contribution >= 0.6 is 0 Å². The highest BCUT2D eigenvalue weighted by Gasteiger charge is 2.15. The summed E-state index contributed by atoms with van der Waals surface area (Å²) in [5.41, 5.74) is 6.76. The summed E-state index contributed by atoms with van der Waals surface area (Å²) in [6.45, 7) is 6.62. The molecule has 4 N–H and O–H groups in total. The lowest BCUT2D eigenvalue weighted by molar-refractivity contribution is -0.134. The van der Waals surface area contributed by atoms with Gasteiger partial charge < -0.3 is 19.8 Å². The Morgan fingerprint density at radius 1 is 1.23 bits per heavy atom. The van der Waals surface area contributed by atoms with Crippen LogP contribution in [0.4, 0.5) is 0 Å². The Morgan fingerprint density at radius 3 is 2.35 bits per heavy atom. The van der Waals surface area contributed by atoms with E-state index in [0.29, 0.717) is 11.3 Å².